The zero-order valence-electron chi connectivity index (χ0n) is 10.3. The van der Waals surface area contributed by atoms with Gasteiger partial charge in [-0.1, -0.05) is 0 Å². The van der Waals surface area contributed by atoms with E-state index in [2.05, 4.69) is 27.3 Å². The Balaban J connectivity index is 2.02. The molecule has 2 heterocycles. The molecule has 6 heteroatoms. The summed E-state index contributed by atoms with van der Waals surface area (Å²) in [6.45, 7) is 4.07. The number of hydrazine groups is 1. The zero-order chi connectivity index (χ0) is 12.3. The quantitative estimate of drug-likeness (QED) is 0.590. The first kappa shape index (κ1) is 12.1. The second-order valence-electron chi connectivity index (χ2n) is 4.45. The maximum atomic E-state index is 5.90. The van der Waals surface area contributed by atoms with Crippen molar-refractivity contribution in [1.82, 2.24) is 14.9 Å². The summed E-state index contributed by atoms with van der Waals surface area (Å²) in [6.07, 6.45) is 4.02. The Morgan fingerprint density at radius 2 is 2.18 bits per heavy atom. The Hall–Kier alpha value is -1.40. The second kappa shape index (κ2) is 5.29. The van der Waals surface area contributed by atoms with Gasteiger partial charge in [-0.2, -0.15) is 4.98 Å². The van der Waals surface area contributed by atoms with Crippen LogP contribution in [0.4, 0.5) is 5.95 Å². The number of piperidine rings is 1. The molecular weight excluding hydrogens is 218 g/mol. The van der Waals surface area contributed by atoms with Crippen LogP contribution in [0.5, 0.6) is 5.88 Å². The molecule has 0 aliphatic carbocycles. The third-order valence-corrected chi connectivity index (χ3v) is 3.00. The van der Waals surface area contributed by atoms with Crippen LogP contribution in [0.1, 0.15) is 18.4 Å². The van der Waals surface area contributed by atoms with Crippen LogP contribution in [0.3, 0.4) is 0 Å². The molecule has 0 amide bonds. The molecular formula is C11H19N5O. The number of anilines is 1. The highest BCUT2D eigenvalue weighted by Gasteiger charge is 2.19. The van der Waals surface area contributed by atoms with E-state index < -0.39 is 0 Å². The van der Waals surface area contributed by atoms with E-state index >= 15 is 0 Å². The summed E-state index contributed by atoms with van der Waals surface area (Å²) in [5.74, 6) is 6.30. The Morgan fingerprint density at radius 3 is 2.82 bits per heavy atom. The number of ether oxygens (including phenoxy) is 1. The van der Waals surface area contributed by atoms with Gasteiger partial charge in [0.1, 0.15) is 6.10 Å². The molecule has 3 N–H and O–H groups in total. The van der Waals surface area contributed by atoms with Gasteiger partial charge < -0.3 is 9.64 Å². The summed E-state index contributed by atoms with van der Waals surface area (Å²) in [5.41, 5.74) is 3.36. The van der Waals surface area contributed by atoms with E-state index in [0.29, 0.717) is 11.8 Å². The van der Waals surface area contributed by atoms with Gasteiger partial charge in [-0.3, -0.25) is 5.43 Å². The van der Waals surface area contributed by atoms with Crippen molar-refractivity contribution in [3.63, 3.8) is 0 Å². The number of aromatic nitrogens is 2. The van der Waals surface area contributed by atoms with Crippen molar-refractivity contribution in [2.24, 2.45) is 5.84 Å². The van der Waals surface area contributed by atoms with Crippen molar-refractivity contribution in [2.45, 2.75) is 25.9 Å². The summed E-state index contributed by atoms with van der Waals surface area (Å²) in [4.78, 5) is 10.6. The zero-order valence-corrected chi connectivity index (χ0v) is 10.3. The average Bonchev–Trinajstić information content (AvgIpc) is 2.35. The van der Waals surface area contributed by atoms with Crippen LogP contribution < -0.4 is 16.0 Å². The van der Waals surface area contributed by atoms with Crippen molar-refractivity contribution in [3.8, 4) is 5.88 Å². The number of hydrogen-bond donors (Lipinski definition) is 2. The molecule has 0 unspecified atom stereocenters. The minimum absolute atomic E-state index is 0.241. The Kier molecular flexibility index (Phi) is 3.75. The van der Waals surface area contributed by atoms with Crippen molar-refractivity contribution in [1.29, 1.82) is 0 Å². The number of nitrogens with one attached hydrogen (secondary N) is 1. The predicted octanol–water partition coefficient (Wildman–Crippen LogP) is 0.544. The SMILES string of the molecule is Cc1cnc(NN)nc1OC1CCN(C)CC1. The van der Waals surface area contributed by atoms with E-state index in [4.69, 9.17) is 10.6 Å². The highest BCUT2D eigenvalue weighted by atomic mass is 16.5. The van der Waals surface area contributed by atoms with Gasteiger partial charge >= 0.3 is 0 Å². The number of nitrogens with two attached hydrogens (primary N) is 1. The number of rotatable bonds is 3. The summed E-state index contributed by atoms with van der Waals surface area (Å²) in [7, 11) is 2.13. The van der Waals surface area contributed by atoms with E-state index in [1.54, 1.807) is 6.20 Å². The topological polar surface area (TPSA) is 76.3 Å². The van der Waals surface area contributed by atoms with Gasteiger partial charge in [0.15, 0.2) is 0 Å². The lowest BCUT2D eigenvalue weighted by Crippen LogP contribution is -2.36. The third-order valence-electron chi connectivity index (χ3n) is 3.00. The number of aryl methyl sites for hydroxylation is 1. The van der Waals surface area contributed by atoms with Crippen LogP contribution in [-0.2, 0) is 0 Å². The maximum Gasteiger partial charge on any atom is 0.240 e. The van der Waals surface area contributed by atoms with E-state index in [9.17, 15) is 0 Å². The molecule has 1 fully saturated rings. The van der Waals surface area contributed by atoms with Gasteiger partial charge in [-0.25, -0.2) is 10.8 Å². The van der Waals surface area contributed by atoms with E-state index in [-0.39, 0.29) is 6.10 Å². The molecule has 94 valence electrons. The van der Waals surface area contributed by atoms with Crippen molar-refractivity contribution < 1.29 is 4.74 Å². The normalized spacial score (nSPS) is 18.1. The Morgan fingerprint density at radius 1 is 1.47 bits per heavy atom. The maximum absolute atomic E-state index is 5.90. The molecule has 6 nitrogen and oxygen atoms in total. The van der Waals surface area contributed by atoms with Crippen molar-refractivity contribution >= 4 is 5.95 Å². The molecule has 2 rings (SSSR count). The average molecular weight is 237 g/mol. The molecule has 0 saturated carbocycles. The molecule has 1 aliphatic rings. The number of hydrogen-bond acceptors (Lipinski definition) is 6. The molecule has 0 radical (unpaired) electrons. The van der Waals surface area contributed by atoms with Crippen LogP contribution >= 0.6 is 0 Å². The van der Waals surface area contributed by atoms with Gasteiger partial charge in [-0.05, 0) is 26.8 Å². The Labute approximate surface area is 101 Å². The minimum atomic E-state index is 0.241. The van der Waals surface area contributed by atoms with Gasteiger partial charge in [0, 0.05) is 24.8 Å². The molecule has 0 bridgehead atoms. The van der Waals surface area contributed by atoms with Gasteiger partial charge in [0.05, 0.1) is 0 Å². The monoisotopic (exact) mass is 237 g/mol. The lowest BCUT2D eigenvalue weighted by atomic mass is 10.1. The smallest absolute Gasteiger partial charge is 0.240 e. The molecule has 0 spiro atoms. The fourth-order valence-corrected chi connectivity index (χ4v) is 1.88. The van der Waals surface area contributed by atoms with Crippen LogP contribution in [0.2, 0.25) is 0 Å². The highest BCUT2D eigenvalue weighted by Crippen LogP contribution is 2.20. The molecule has 1 aromatic rings. The Bertz CT molecular complexity index is 376. The second-order valence-corrected chi connectivity index (χ2v) is 4.45. The molecule has 1 aliphatic heterocycles. The first-order valence-electron chi connectivity index (χ1n) is 5.84. The molecule has 1 aromatic heterocycles. The van der Waals surface area contributed by atoms with Gasteiger partial charge in [0.25, 0.3) is 0 Å². The van der Waals surface area contributed by atoms with E-state index in [0.717, 1.165) is 31.5 Å². The van der Waals surface area contributed by atoms with Crippen LogP contribution in [0.15, 0.2) is 6.20 Å². The van der Waals surface area contributed by atoms with Crippen molar-refractivity contribution in [3.05, 3.63) is 11.8 Å². The first-order chi connectivity index (χ1) is 8.19. The number of nitrogen functional groups attached to an aromatic ring is 1. The number of likely N-dealkylation sites (tertiary alicyclic amines) is 1. The van der Waals surface area contributed by atoms with Crippen LogP contribution in [0, 0.1) is 6.92 Å². The van der Waals surface area contributed by atoms with E-state index in [1.165, 1.54) is 0 Å². The third kappa shape index (κ3) is 3.04. The summed E-state index contributed by atoms with van der Waals surface area (Å²) in [6, 6.07) is 0. The first-order valence-corrected chi connectivity index (χ1v) is 5.84. The predicted molar refractivity (Wildman–Crippen MR) is 65.7 cm³/mol. The van der Waals surface area contributed by atoms with Gasteiger partial charge in [-0.15, -0.1) is 0 Å². The minimum Gasteiger partial charge on any atom is -0.474 e. The fourth-order valence-electron chi connectivity index (χ4n) is 1.88. The molecule has 1 saturated heterocycles. The lowest BCUT2D eigenvalue weighted by Gasteiger charge is -2.29. The van der Waals surface area contributed by atoms with Gasteiger partial charge in [0.2, 0.25) is 11.8 Å². The van der Waals surface area contributed by atoms with Crippen molar-refractivity contribution in [2.75, 3.05) is 25.6 Å². The standard InChI is InChI=1S/C11H19N5O/c1-8-7-13-11(15-12)14-10(8)17-9-3-5-16(2)6-4-9/h7,9H,3-6,12H2,1-2H3,(H,13,14,15). The largest absolute Gasteiger partial charge is 0.474 e. The van der Waals surface area contributed by atoms with Crippen LogP contribution in [0.25, 0.3) is 0 Å². The molecule has 0 atom stereocenters. The highest BCUT2D eigenvalue weighted by molar-refractivity contribution is 5.31. The number of nitrogens with zero attached hydrogens (tertiary/aromatic N) is 3. The summed E-state index contributed by atoms with van der Waals surface area (Å²) < 4.78 is 5.90. The lowest BCUT2D eigenvalue weighted by molar-refractivity contribution is 0.109. The summed E-state index contributed by atoms with van der Waals surface area (Å²) in [5, 5.41) is 0. The molecule has 0 aromatic carbocycles. The fraction of sp³-hybridized carbons (Fsp3) is 0.636. The van der Waals surface area contributed by atoms with E-state index in [1.807, 2.05) is 6.92 Å². The molecule has 17 heavy (non-hydrogen) atoms. The van der Waals surface area contributed by atoms with Crippen LogP contribution in [-0.4, -0.2) is 41.1 Å². The summed E-state index contributed by atoms with van der Waals surface area (Å²) >= 11 is 0.